The van der Waals surface area contributed by atoms with Crippen molar-refractivity contribution in [2.75, 3.05) is 0 Å². The summed E-state index contributed by atoms with van der Waals surface area (Å²) < 4.78 is 38.7. The van der Waals surface area contributed by atoms with Crippen molar-refractivity contribution in [2.45, 2.75) is 25.2 Å². The molecule has 0 radical (unpaired) electrons. The average molecular weight is 432 g/mol. The number of rotatable bonds is 4. The van der Waals surface area contributed by atoms with Crippen LogP contribution >= 0.6 is 0 Å². The van der Waals surface area contributed by atoms with E-state index in [0.29, 0.717) is 5.56 Å². The molecule has 0 saturated heterocycles. The molecule has 0 saturated carbocycles. The van der Waals surface area contributed by atoms with Gasteiger partial charge in [0.1, 0.15) is 35.0 Å². The third-order valence-corrected chi connectivity index (χ3v) is 4.97. The van der Waals surface area contributed by atoms with Crippen LogP contribution < -0.4 is 4.74 Å². The third kappa shape index (κ3) is 4.13. The topological polar surface area (TPSA) is 120 Å². The van der Waals surface area contributed by atoms with Gasteiger partial charge in [-0.25, -0.2) is 8.78 Å². The Kier molecular flexibility index (Phi) is 5.20. The maximum Gasteiger partial charge on any atom is 0.200 e. The van der Waals surface area contributed by atoms with Crippen LogP contribution in [0.3, 0.4) is 0 Å². The Labute approximate surface area is 175 Å². The predicted molar refractivity (Wildman–Crippen MR) is 103 cm³/mol. The zero-order chi connectivity index (χ0) is 22.3. The fraction of sp³-hybridized carbons (Fsp3) is 0.182. The highest BCUT2D eigenvalue weighted by molar-refractivity contribution is 5.54. The molecule has 0 unspecified atom stereocenters. The molecule has 1 aliphatic rings. The molecule has 9 heteroatoms. The van der Waals surface area contributed by atoms with Crippen LogP contribution in [0.1, 0.15) is 22.8 Å². The molecule has 3 aromatic carbocycles. The molecule has 0 amide bonds. The van der Waals surface area contributed by atoms with Crippen molar-refractivity contribution < 1.29 is 43.8 Å². The van der Waals surface area contributed by atoms with Crippen molar-refractivity contribution in [2.24, 2.45) is 0 Å². The number of ether oxygens (including phenoxy) is 2. The van der Waals surface area contributed by atoms with E-state index in [4.69, 9.17) is 9.47 Å². The first-order valence-corrected chi connectivity index (χ1v) is 9.24. The minimum absolute atomic E-state index is 0.0896. The van der Waals surface area contributed by atoms with Crippen LogP contribution in [-0.4, -0.2) is 31.6 Å². The van der Waals surface area contributed by atoms with Gasteiger partial charge in [-0.1, -0.05) is 0 Å². The van der Waals surface area contributed by atoms with E-state index in [1.165, 1.54) is 18.2 Å². The molecule has 0 spiro atoms. The molecule has 31 heavy (non-hydrogen) atoms. The summed E-state index contributed by atoms with van der Waals surface area (Å²) in [7, 11) is 0. The number of aromatic hydroxyl groups is 5. The first kappa shape index (κ1) is 20.5. The smallest absolute Gasteiger partial charge is 0.200 e. The highest BCUT2D eigenvalue weighted by atomic mass is 19.1. The van der Waals surface area contributed by atoms with E-state index in [2.05, 4.69) is 0 Å². The molecule has 1 aliphatic heterocycles. The zero-order valence-electron chi connectivity index (χ0n) is 15.9. The lowest BCUT2D eigenvalue weighted by molar-refractivity contribution is -0.0468. The number of phenols is 5. The minimum atomic E-state index is -0.954. The number of hydrogen-bond acceptors (Lipinski definition) is 7. The molecule has 7 nitrogen and oxygen atoms in total. The molecule has 1 heterocycles. The summed E-state index contributed by atoms with van der Waals surface area (Å²) in [5.41, 5.74) is 0.807. The molecule has 3 aromatic rings. The number of phenolic OH excluding ortho intramolecular Hbond substituents is 5. The second kappa shape index (κ2) is 7.84. The summed E-state index contributed by atoms with van der Waals surface area (Å²) in [5, 5.41) is 49.3. The van der Waals surface area contributed by atoms with Crippen LogP contribution in [0.2, 0.25) is 0 Å². The fourth-order valence-corrected chi connectivity index (χ4v) is 3.56. The lowest BCUT2D eigenvalue weighted by atomic mass is 9.93. The van der Waals surface area contributed by atoms with Crippen molar-refractivity contribution in [3.63, 3.8) is 0 Å². The van der Waals surface area contributed by atoms with Crippen molar-refractivity contribution in [3.8, 4) is 34.5 Å². The van der Waals surface area contributed by atoms with E-state index in [9.17, 15) is 34.3 Å². The van der Waals surface area contributed by atoms with E-state index in [1.54, 1.807) is 0 Å². The summed E-state index contributed by atoms with van der Waals surface area (Å²) in [6, 6.07) is 7.74. The average Bonchev–Trinajstić information content (AvgIpc) is 2.69. The van der Waals surface area contributed by atoms with Crippen LogP contribution in [0, 0.1) is 11.6 Å². The van der Waals surface area contributed by atoms with Crippen LogP contribution in [0.5, 0.6) is 34.5 Å². The SMILES string of the molecule is Oc1cc(O)c2c(c1)O[C@@H](c1cc(O)c(O)c(O)c1)[C@@H](OCc1cc(F)cc(F)c1)C2. The first-order chi connectivity index (χ1) is 14.7. The van der Waals surface area contributed by atoms with Crippen LogP contribution in [0.15, 0.2) is 42.5 Å². The highest BCUT2D eigenvalue weighted by Crippen LogP contribution is 2.45. The van der Waals surface area contributed by atoms with Gasteiger partial charge in [-0.2, -0.15) is 0 Å². The molecule has 0 fully saturated rings. The maximum absolute atomic E-state index is 13.5. The molecule has 0 bridgehead atoms. The summed E-state index contributed by atoms with van der Waals surface area (Å²) in [6.45, 7) is -0.191. The Bertz CT molecular complexity index is 1110. The molecule has 2 atom stereocenters. The van der Waals surface area contributed by atoms with Gasteiger partial charge in [-0.05, 0) is 29.8 Å². The molecule has 5 N–H and O–H groups in total. The monoisotopic (exact) mass is 432 g/mol. The summed E-state index contributed by atoms with van der Waals surface area (Å²) in [4.78, 5) is 0. The number of halogens is 2. The van der Waals surface area contributed by atoms with Crippen molar-refractivity contribution in [1.29, 1.82) is 0 Å². The summed E-state index contributed by atoms with van der Waals surface area (Å²) in [6.07, 6.45) is -1.69. The van der Waals surface area contributed by atoms with Crippen LogP contribution in [0.4, 0.5) is 8.78 Å². The Balaban J connectivity index is 1.70. The van der Waals surface area contributed by atoms with E-state index in [0.717, 1.165) is 24.3 Å². The lowest BCUT2D eigenvalue weighted by Crippen LogP contribution is -2.33. The van der Waals surface area contributed by atoms with Crippen molar-refractivity contribution in [3.05, 3.63) is 70.8 Å². The highest BCUT2D eigenvalue weighted by Gasteiger charge is 2.35. The Morgan fingerprint density at radius 2 is 1.48 bits per heavy atom. The van der Waals surface area contributed by atoms with Crippen LogP contribution in [-0.2, 0) is 17.8 Å². The number of hydrogen-bond donors (Lipinski definition) is 5. The molecule has 4 rings (SSSR count). The third-order valence-electron chi connectivity index (χ3n) is 4.97. The quantitative estimate of drug-likeness (QED) is 0.398. The van der Waals surface area contributed by atoms with Gasteiger partial charge in [0.05, 0.1) is 6.61 Å². The van der Waals surface area contributed by atoms with E-state index in [1.807, 2.05) is 0 Å². The second-order valence-electron chi connectivity index (χ2n) is 7.22. The van der Waals surface area contributed by atoms with Gasteiger partial charge in [-0.3, -0.25) is 0 Å². The summed E-state index contributed by atoms with van der Waals surface area (Å²) in [5.74, 6) is -3.71. The molecular weight excluding hydrogens is 414 g/mol. The maximum atomic E-state index is 13.5. The number of benzene rings is 3. The molecule has 0 aromatic heterocycles. The van der Waals surface area contributed by atoms with Gasteiger partial charge in [0.25, 0.3) is 0 Å². The van der Waals surface area contributed by atoms with Gasteiger partial charge in [0.15, 0.2) is 23.4 Å². The Hall–Kier alpha value is -3.72. The predicted octanol–water partition coefficient (Wildman–Crippen LogP) is 3.75. The van der Waals surface area contributed by atoms with Crippen molar-refractivity contribution in [1.82, 2.24) is 0 Å². The van der Waals surface area contributed by atoms with Gasteiger partial charge in [0.2, 0.25) is 0 Å². The standard InChI is InChI=1S/C22H18F2O7/c23-12-1-10(2-13(24)5-12)9-30-20-8-15-16(26)6-14(25)7-19(15)31-22(20)11-3-17(27)21(29)18(28)4-11/h1-7,20,22,25-29H,8-9H2/t20-,22-/m0/s1. The van der Waals surface area contributed by atoms with Gasteiger partial charge < -0.3 is 35.0 Å². The lowest BCUT2D eigenvalue weighted by Gasteiger charge is -2.34. The van der Waals surface area contributed by atoms with E-state index >= 15 is 0 Å². The minimum Gasteiger partial charge on any atom is -0.508 e. The van der Waals surface area contributed by atoms with Gasteiger partial charge in [0, 0.05) is 35.7 Å². The summed E-state index contributed by atoms with van der Waals surface area (Å²) >= 11 is 0. The zero-order valence-corrected chi connectivity index (χ0v) is 15.9. The largest absolute Gasteiger partial charge is 0.508 e. The molecular formula is C22H18F2O7. The van der Waals surface area contributed by atoms with Gasteiger partial charge in [-0.15, -0.1) is 0 Å². The fourth-order valence-electron chi connectivity index (χ4n) is 3.56. The first-order valence-electron chi connectivity index (χ1n) is 9.24. The molecule has 162 valence electrons. The van der Waals surface area contributed by atoms with Crippen LogP contribution in [0.25, 0.3) is 0 Å². The second-order valence-corrected chi connectivity index (χ2v) is 7.22. The van der Waals surface area contributed by atoms with Crippen molar-refractivity contribution >= 4 is 0 Å². The van der Waals surface area contributed by atoms with E-state index in [-0.39, 0.29) is 41.4 Å². The normalized spacial score (nSPS) is 17.7. The molecule has 0 aliphatic carbocycles. The Morgan fingerprint density at radius 1 is 0.839 bits per heavy atom. The Morgan fingerprint density at radius 3 is 2.13 bits per heavy atom. The number of fused-ring (bicyclic) bond motifs is 1. The van der Waals surface area contributed by atoms with E-state index < -0.39 is 41.1 Å². The van der Waals surface area contributed by atoms with Gasteiger partial charge >= 0.3 is 0 Å².